The molecule has 0 amide bonds. The molecule has 9 atom stereocenters. The molecule has 3 saturated carbocycles. The predicted octanol–water partition coefficient (Wildman–Crippen LogP) is 6.87. The smallest absolute Gasteiger partial charge is 0.302 e. The van der Waals surface area contributed by atoms with Gasteiger partial charge in [-0.15, -0.1) is 5.10 Å². The highest BCUT2D eigenvalue weighted by molar-refractivity contribution is 6.30. The summed E-state index contributed by atoms with van der Waals surface area (Å²) in [7, 11) is 0. The first-order chi connectivity index (χ1) is 22.8. The molecule has 11 heteroatoms. The molecule has 48 heavy (non-hydrogen) atoms. The van der Waals surface area contributed by atoms with Gasteiger partial charge in [0.1, 0.15) is 23.5 Å². The summed E-state index contributed by atoms with van der Waals surface area (Å²) < 4.78 is 20.6. The van der Waals surface area contributed by atoms with Crippen LogP contribution in [0.3, 0.4) is 0 Å². The van der Waals surface area contributed by atoms with Crippen molar-refractivity contribution in [1.82, 2.24) is 15.0 Å². The van der Waals surface area contributed by atoms with Crippen LogP contribution in [0.2, 0.25) is 5.02 Å². The average molecular weight is 673 g/mol. The molecule has 1 aliphatic heterocycles. The molecule has 8 rings (SSSR count). The van der Waals surface area contributed by atoms with Gasteiger partial charge in [0.2, 0.25) is 0 Å². The molecule has 2 aromatic heterocycles. The van der Waals surface area contributed by atoms with Crippen LogP contribution in [0, 0.1) is 33.5 Å². The van der Waals surface area contributed by atoms with E-state index in [1.165, 1.54) is 6.92 Å². The number of furan rings is 1. The van der Waals surface area contributed by atoms with Gasteiger partial charge in [-0.2, -0.15) is 0 Å². The number of carbonyl (C=O) groups excluding carboxylic acids is 2. The lowest BCUT2D eigenvalue weighted by atomic mass is 9.36. The van der Waals surface area contributed by atoms with Crippen LogP contribution in [0.15, 0.2) is 70.8 Å². The lowest BCUT2D eigenvalue weighted by Crippen LogP contribution is -2.70. The average Bonchev–Trinajstić information content (AvgIpc) is 3.31. The second-order valence-corrected chi connectivity index (χ2v) is 16.0. The summed E-state index contributed by atoms with van der Waals surface area (Å²) in [5, 5.41) is 14.0. The Morgan fingerprint density at radius 2 is 1.90 bits per heavy atom. The Morgan fingerprint density at radius 3 is 2.60 bits per heavy atom. The van der Waals surface area contributed by atoms with Crippen molar-refractivity contribution < 1.29 is 28.3 Å². The zero-order valence-corrected chi connectivity index (χ0v) is 28.9. The SMILES string of the molecule is CC(=O)O[C@@H]1C[C@H]2C(C)(C)C(=O)C=C[C@]2(C)[C@H]2CC[C@@]3(C)[C@H](c4ccoc4)/C(=N\OCc4cn(-c5ccc(Cl)cc5)nn4)[C@H]4O[C@]43[C@@]21C. The third kappa shape index (κ3) is 4.05. The molecule has 4 aliphatic carbocycles. The second kappa shape index (κ2) is 10.4. The van der Waals surface area contributed by atoms with Crippen molar-refractivity contribution in [3.8, 4) is 5.69 Å². The highest BCUT2D eigenvalue weighted by Gasteiger charge is 2.89. The normalized spacial score (nSPS) is 39.7. The molecule has 0 N–H and O–H groups in total. The summed E-state index contributed by atoms with van der Waals surface area (Å²) >= 11 is 6.05. The van der Waals surface area contributed by atoms with Crippen LogP contribution in [0.5, 0.6) is 0 Å². The molecular formula is C37H41ClN4O6. The lowest BCUT2D eigenvalue weighted by molar-refractivity contribution is -0.231. The van der Waals surface area contributed by atoms with Crippen molar-refractivity contribution in [2.75, 3.05) is 0 Å². The summed E-state index contributed by atoms with van der Waals surface area (Å²) in [5.74, 6) is -0.251. The summed E-state index contributed by atoms with van der Waals surface area (Å²) in [6.07, 6.45) is 10.7. The fourth-order valence-corrected chi connectivity index (χ4v) is 11.1. The number of aromatic nitrogens is 3. The second-order valence-electron chi connectivity index (χ2n) is 15.6. The number of esters is 1. The third-order valence-electron chi connectivity index (χ3n) is 13.1. The number of hydrogen-bond acceptors (Lipinski definition) is 9. The number of ketones is 1. The molecular weight excluding hydrogens is 632 g/mol. The van der Waals surface area contributed by atoms with Crippen molar-refractivity contribution in [1.29, 1.82) is 0 Å². The van der Waals surface area contributed by atoms with E-state index in [4.69, 9.17) is 35.5 Å². The molecule has 0 unspecified atom stereocenters. The van der Waals surface area contributed by atoms with Gasteiger partial charge in [0.05, 0.1) is 30.1 Å². The molecule has 1 aromatic carbocycles. The molecule has 1 saturated heterocycles. The molecule has 3 heterocycles. The van der Waals surface area contributed by atoms with E-state index < -0.39 is 27.9 Å². The van der Waals surface area contributed by atoms with Crippen LogP contribution in [-0.4, -0.2) is 50.3 Å². The van der Waals surface area contributed by atoms with E-state index in [-0.39, 0.29) is 47.6 Å². The maximum Gasteiger partial charge on any atom is 0.302 e. The maximum absolute atomic E-state index is 13.2. The van der Waals surface area contributed by atoms with Crippen LogP contribution in [-0.2, 0) is 30.5 Å². The number of nitrogens with zero attached hydrogens (tertiary/aromatic N) is 4. The van der Waals surface area contributed by atoms with E-state index in [1.54, 1.807) is 41.6 Å². The van der Waals surface area contributed by atoms with Gasteiger partial charge in [0, 0.05) is 34.1 Å². The molecule has 4 fully saturated rings. The van der Waals surface area contributed by atoms with E-state index in [2.05, 4.69) is 37.2 Å². The third-order valence-corrected chi connectivity index (χ3v) is 13.3. The summed E-state index contributed by atoms with van der Waals surface area (Å²) in [6.45, 7) is 12.5. The fourth-order valence-electron chi connectivity index (χ4n) is 10.9. The van der Waals surface area contributed by atoms with Gasteiger partial charge in [0.25, 0.3) is 0 Å². The lowest BCUT2D eigenvalue weighted by Gasteiger charge is -2.67. The molecule has 0 bridgehead atoms. The van der Waals surface area contributed by atoms with E-state index in [1.807, 2.05) is 32.0 Å². The van der Waals surface area contributed by atoms with Crippen molar-refractivity contribution in [2.45, 2.75) is 91.1 Å². The molecule has 5 aliphatic rings. The Balaban J connectivity index is 1.17. The topological polar surface area (TPSA) is 121 Å². The zero-order chi connectivity index (χ0) is 33.9. The molecule has 3 aromatic rings. The highest BCUT2D eigenvalue weighted by Crippen LogP contribution is 2.81. The minimum atomic E-state index is -0.682. The number of epoxide rings is 1. The number of carbonyl (C=O) groups is 2. The first-order valence-corrected chi connectivity index (χ1v) is 17.1. The van der Waals surface area contributed by atoms with Crippen LogP contribution >= 0.6 is 11.6 Å². The molecule has 0 radical (unpaired) electrons. The quantitative estimate of drug-likeness (QED) is 0.158. The Kier molecular flexibility index (Phi) is 6.81. The first kappa shape index (κ1) is 31.5. The minimum Gasteiger partial charge on any atom is -0.472 e. The summed E-state index contributed by atoms with van der Waals surface area (Å²) in [5.41, 5.74) is 0.715. The Hall–Kier alpha value is -3.76. The number of allylic oxidation sites excluding steroid dienone is 2. The summed E-state index contributed by atoms with van der Waals surface area (Å²) in [4.78, 5) is 32.0. The van der Waals surface area contributed by atoms with Gasteiger partial charge >= 0.3 is 5.97 Å². The van der Waals surface area contributed by atoms with E-state index in [0.717, 1.165) is 29.8 Å². The van der Waals surface area contributed by atoms with Crippen molar-refractivity contribution in [3.63, 3.8) is 0 Å². The Morgan fingerprint density at radius 1 is 1.12 bits per heavy atom. The van der Waals surface area contributed by atoms with Gasteiger partial charge in [0.15, 0.2) is 12.4 Å². The van der Waals surface area contributed by atoms with Gasteiger partial charge in [-0.1, -0.05) is 62.7 Å². The van der Waals surface area contributed by atoms with Gasteiger partial charge in [-0.25, -0.2) is 4.68 Å². The highest BCUT2D eigenvalue weighted by atomic mass is 35.5. The number of hydrogen-bond donors (Lipinski definition) is 0. The maximum atomic E-state index is 13.2. The molecule has 252 valence electrons. The zero-order valence-electron chi connectivity index (χ0n) is 28.1. The largest absolute Gasteiger partial charge is 0.472 e. The monoisotopic (exact) mass is 672 g/mol. The number of fused-ring (bicyclic) bond motifs is 3. The van der Waals surface area contributed by atoms with Crippen molar-refractivity contribution in [2.24, 2.45) is 38.7 Å². The predicted molar refractivity (Wildman–Crippen MR) is 176 cm³/mol. The van der Waals surface area contributed by atoms with E-state index in [9.17, 15) is 9.59 Å². The van der Waals surface area contributed by atoms with Crippen LogP contribution in [0.4, 0.5) is 0 Å². The number of benzene rings is 1. The van der Waals surface area contributed by atoms with Gasteiger partial charge < -0.3 is 18.7 Å². The Bertz CT molecular complexity index is 1850. The molecule has 10 nitrogen and oxygen atoms in total. The summed E-state index contributed by atoms with van der Waals surface area (Å²) in [6, 6.07) is 9.34. The van der Waals surface area contributed by atoms with Crippen molar-refractivity contribution in [3.05, 3.63) is 77.5 Å². The van der Waals surface area contributed by atoms with E-state index >= 15 is 0 Å². The van der Waals surface area contributed by atoms with Crippen LogP contribution in [0.1, 0.15) is 78.0 Å². The van der Waals surface area contributed by atoms with Crippen LogP contribution in [0.25, 0.3) is 5.69 Å². The van der Waals surface area contributed by atoms with Crippen LogP contribution < -0.4 is 0 Å². The Labute approximate surface area is 284 Å². The number of ether oxygens (including phenoxy) is 2. The number of halogens is 1. The fraction of sp³-hybridized carbons (Fsp3) is 0.541. The number of oxime groups is 1. The van der Waals surface area contributed by atoms with E-state index in [0.29, 0.717) is 17.1 Å². The molecule has 1 spiro atoms. The standard InChI is InChI=1S/C37H41ClN4O6/c1-21(43)47-29-17-27-33(2,3)28(44)12-14-34(27,4)26-11-15-35(5)30(22-13-16-45-19-22)31(32-37(35,48-32)36(26,29)6)40-46-20-24-18-42(41-39-24)25-9-7-23(38)8-10-25/h7-10,12-14,16,18-19,26-27,29-30,32H,11,15,17,20H2,1-6H3/b40-31+/t26-,27+,29-,30-,32-,34-,35+,36+,37-/m1/s1. The van der Waals surface area contributed by atoms with Gasteiger partial charge in [-0.05, 0) is 78.5 Å². The van der Waals surface area contributed by atoms with Gasteiger partial charge in [-0.3, -0.25) is 9.59 Å². The first-order valence-electron chi connectivity index (χ1n) is 16.7. The minimum absolute atomic E-state index is 0.00622. The van der Waals surface area contributed by atoms with Crippen molar-refractivity contribution >= 4 is 29.1 Å². The number of rotatable bonds is 6.